The quantitative estimate of drug-likeness (QED) is 0.587. The van der Waals surface area contributed by atoms with Gasteiger partial charge in [0.15, 0.2) is 6.61 Å². The van der Waals surface area contributed by atoms with Crippen molar-refractivity contribution in [3.63, 3.8) is 0 Å². The van der Waals surface area contributed by atoms with Gasteiger partial charge in [0.2, 0.25) is 5.89 Å². The van der Waals surface area contributed by atoms with E-state index >= 15 is 0 Å². The van der Waals surface area contributed by atoms with Crippen molar-refractivity contribution in [2.24, 2.45) is 0 Å². The number of rotatable bonds is 7. The summed E-state index contributed by atoms with van der Waals surface area (Å²) in [6.45, 7) is -1.03. The highest BCUT2D eigenvalue weighted by Crippen LogP contribution is 2.27. The van der Waals surface area contributed by atoms with E-state index < -0.39 is 30.8 Å². The fourth-order valence-corrected chi connectivity index (χ4v) is 2.62. The minimum Gasteiger partial charge on any atom is -0.495 e. The van der Waals surface area contributed by atoms with E-state index in [1.54, 1.807) is 42.5 Å². The second-order valence-corrected chi connectivity index (χ2v) is 6.16. The first-order valence-electron chi connectivity index (χ1n) is 8.38. The molecule has 0 spiro atoms. The van der Waals surface area contributed by atoms with Crippen LogP contribution < -0.4 is 15.8 Å². The lowest BCUT2D eigenvalue weighted by atomic mass is 10.2. The molecule has 0 aliphatic rings. The van der Waals surface area contributed by atoms with E-state index in [0.29, 0.717) is 22.0 Å². The van der Waals surface area contributed by atoms with Gasteiger partial charge in [0.05, 0.1) is 12.1 Å². The van der Waals surface area contributed by atoms with Crippen LogP contribution >= 0.6 is 11.6 Å². The molecule has 1 heterocycles. The summed E-state index contributed by atoms with van der Waals surface area (Å²) < 4.78 is 15.7. The Morgan fingerprint density at radius 1 is 1.21 bits per heavy atom. The third kappa shape index (κ3) is 5.23. The van der Waals surface area contributed by atoms with Crippen LogP contribution in [0.25, 0.3) is 11.5 Å². The second-order valence-electron chi connectivity index (χ2n) is 5.75. The van der Waals surface area contributed by atoms with Crippen molar-refractivity contribution in [3.05, 3.63) is 64.1 Å². The first-order chi connectivity index (χ1) is 14.0. The van der Waals surface area contributed by atoms with Crippen LogP contribution in [0.15, 0.2) is 57.7 Å². The van der Waals surface area contributed by atoms with Gasteiger partial charge < -0.3 is 19.2 Å². The van der Waals surface area contributed by atoms with E-state index in [0.717, 1.165) is 4.68 Å². The number of ether oxygens (including phenoxy) is 2. The number of hydrogen-bond donors (Lipinski definition) is 1. The zero-order valence-electron chi connectivity index (χ0n) is 15.3. The third-order valence-corrected chi connectivity index (χ3v) is 4.00. The fraction of sp³-hybridized carbons (Fsp3) is 0.158. The molecule has 1 N–H and O–H groups in total. The van der Waals surface area contributed by atoms with Crippen LogP contribution in [0.2, 0.25) is 5.02 Å². The van der Waals surface area contributed by atoms with E-state index in [9.17, 15) is 14.4 Å². The van der Waals surface area contributed by atoms with Crippen molar-refractivity contribution in [1.82, 2.24) is 9.78 Å². The summed E-state index contributed by atoms with van der Waals surface area (Å²) in [5.74, 6) is -1.65. The number of carbonyl (C=O) groups is 2. The van der Waals surface area contributed by atoms with Crippen LogP contribution in [0, 0.1) is 0 Å². The summed E-state index contributed by atoms with van der Waals surface area (Å²) in [6.07, 6.45) is 0. The van der Waals surface area contributed by atoms with Crippen LogP contribution in [0.1, 0.15) is 0 Å². The average Bonchev–Trinajstić information content (AvgIpc) is 3.07. The molecule has 0 atom stereocenters. The van der Waals surface area contributed by atoms with E-state index in [2.05, 4.69) is 10.4 Å². The molecule has 3 aromatic rings. The van der Waals surface area contributed by atoms with Gasteiger partial charge in [0.25, 0.3) is 5.91 Å². The summed E-state index contributed by atoms with van der Waals surface area (Å²) >= 11 is 5.98. The SMILES string of the molecule is COc1ccc(NC(=O)COC(=O)Cn2nc(-c3ccccc3)oc2=O)cc1Cl. The Labute approximate surface area is 169 Å². The minimum atomic E-state index is -0.817. The van der Waals surface area contributed by atoms with Crippen molar-refractivity contribution < 1.29 is 23.5 Å². The standard InChI is InChI=1S/C19H16ClN3O6/c1-27-15-8-7-13(9-14(15)20)21-16(24)11-28-17(25)10-23-19(26)29-18(22-23)12-5-3-2-4-6-12/h2-9H,10-11H2,1H3,(H,21,24). The van der Waals surface area contributed by atoms with Gasteiger partial charge >= 0.3 is 11.7 Å². The zero-order chi connectivity index (χ0) is 20.8. The number of esters is 1. The molecule has 9 nitrogen and oxygen atoms in total. The fourth-order valence-electron chi connectivity index (χ4n) is 2.36. The lowest BCUT2D eigenvalue weighted by molar-refractivity contribution is -0.148. The molecule has 0 saturated heterocycles. The molecule has 10 heteroatoms. The number of amides is 1. The van der Waals surface area contributed by atoms with Crippen molar-refractivity contribution in [1.29, 1.82) is 0 Å². The lowest BCUT2D eigenvalue weighted by Gasteiger charge is -2.08. The number of nitrogens with zero attached hydrogens (tertiary/aromatic N) is 2. The third-order valence-electron chi connectivity index (χ3n) is 3.71. The van der Waals surface area contributed by atoms with Crippen LogP contribution in [-0.4, -0.2) is 35.4 Å². The molecule has 0 fully saturated rings. The van der Waals surface area contributed by atoms with Gasteiger partial charge in [-0.3, -0.25) is 9.59 Å². The van der Waals surface area contributed by atoms with Gasteiger partial charge in [-0.2, -0.15) is 4.68 Å². The van der Waals surface area contributed by atoms with Crippen molar-refractivity contribution in [2.45, 2.75) is 6.54 Å². The number of nitrogens with one attached hydrogen (secondary N) is 1. The first kappa shape index (κ1) is 20.2. The summed E-state index contributed by atoms with van der Waals surface area (Å²) in [4.78, 5) is 35.7. The van der Waals surface area contributed by atoms with Gasteiger partial charge in [0.1, 0.15) is 12.3 Å². The largest absolute Gasteiger partial charge is 0.495 e. The smallest absolute Gasteiger partial charge is 0.437 e. The highest BCUT2D eigenvalue weighted by Gasteiger charge is 2.15. The Bertz CT molecular complexity index is 1080. The van der Waals surface area contributed by atoms with E-state index in [1.165, 1.54) is 13.2 Å². The predicted octanol–water partition coefficient (Wildman–Crippen LogP) is 2.35. The van der Waals surface area contributed by atoms with Crippen molar-refractivity contribution >= 4 is 29.2 Å². The summed E-state index contributed by atoms with van der Waals surface area (Å²) in [5, 5.41) is 6.80. The molecule has 150 valence electrons. The average molecular weight is 418 g/mol. The molecule has 1 amide bonds. The zero-order valence-corrected chi connectivity index (χ0v) is 16.0. The first-order valence-corrected chi connectivity index (χ1v) is 8.76. The van der Waals surface area contributed by atoms with Gasteiger partial charge in [0, 0.05) is 11.3 Å². The highest BCUT2D eigenvalue weighted by atomic mass is 35.5. The van der Waals surface area contributed by atoms with Crippen LogP contribution in [0.5, 0.6) is 5.75 Å². The van der Waals surface area contributed by atoms with E-state index in [4.69, 9.17) is 25.5 Å². The van der Waals surface area contributed by atoms with Crippen molar-refractivity contribution in [2.75, 3.05) is 19.0 Å². The molecule has 0 aliphatic heterocycles. The minimum absolute atomic E-state index is 0.0810. The van der Waals surface area contributed by atoms with Crippen LogP contribution in [0.3, 0.4) is 0 Å². The number of carbonyl (C=O) groups excluding carboxylic acids is 2. The normalized spacial score (nSPS) is 10.4. The summed E-state index contributed by atoms with van der Waals surface area (Å²) in [5.41, 5.74) is 1.01. The molecule has 0 saturated carbocycles. The maximum absolute atomic E-state index is 11.9. The Morgan fingerprint density at radius 3 is 2.66 bits per heavy atom. The molecule has 2 aromatic carbocycles. The molecular weight excluding hydrogens is 402 g/mol. The number of hydrogen-bond acceptors (Lipinski definition) is 7. The van der Waals surface area contributed by atoms with Gasteiger partial charge in [-0.05, 0) is 30.3 Å². The summed E-state index contributed by atoms with van der Waals surface area (Å²) in [7, 11) is 1.47. The highest BCUT2D eigenvalue weighted by molar-refractivity contribution is 6.32. The van der Waals surface area contributed by atoms with E-state index in [1.807, 2.05) is 0 Å². The van der Waals surface area contributed by atoms with E-state index in [-0.39, 0.29) is 5.89 Å². The molecule has 0 aliphatic carbocycles. The van der Waals surface area contributed by atoms with Gasteiger partial charge in [-0.15, -0.1) is 5.10 Å². The number of halogens is 1. The van der Waals surface area contributed by atoms with Gasteiger partial charge in [-0.25, -0.2) is 4.79 Å². The maximum atomic E-state index is 11.9. The molecule has 0 bridgehead atoms. The molecule has 0 unspecified atom stereocenters. The molecule has 3 rings (SSSR count). The number of methoxy groups -OCH3 is 1. The second kappa shape index (κ2) is 9.07. The Hall–Kier alpha value is -3.59. The predicted molar refractivity (Wildman–Crippen MR) is 104 cm³/mol. The maximum Gasteiger partial charge on any atom is 0.437 e. The molecule has 1 aromatic heterocycles. The molecule has 29 heavy (non-hydrogen) atoms. The van der Waals surface area contributed by atoms with Gasteiger partial charge in [-0.1, -0.05) is 29.8 Å². The molecular formula is C19H16ClN3O6. The monoisotopic (exact) mass is 417 g/mol. The number of aromatic nitrogens is 2. The Kier molecular flexibility index (Phi) is 6.30. The van der Waals surface area contributed by atoms with Crippen LogP contribution in [-0.2, 0) is 20.9 Å². The van der Waals surface area contributed by atoms with Crippen molar-refractivity contribution in [3.8, 4) is 17.2 Å². The van der Waals surface area contributed by atoms with Crippen LogP contribution in [0.4, 0.5) is 5.69 Å². The lowest BCUT2D eigenvalue weighted by Crippen LogP contribution is -2.26. The Morgan fingerprint density at radius 2 is 1.97 bits per heavy atom. The molecule has 0 radical (unpaired) electrons. The topological polar surface area (TPSA) is 113 Å². The Balaban J connectivity index is 1.53. The summed E-state index contributed by atoms with van der Waals surface area (Å²) in [6, 6.07) is 13.4. The number of anilines is 1. The number of benzene rings is 2.